The third-order valence-electron chi connectivity index (χ3n) is 4.97. The van der Waals surface area contributed by atoms with Crippen molar-refractivity contribution in [2.24, 2.45) is 5.92 Å². The van der Waals surface area contributed by atoms with Gasteiger partial charge >= 0.3 is 0 Å². The number of aryl methyl sites for hydroxylation is 1. The van der Waals surface area contributed by atoms with Gasteiger partial charge in [0.05, 0.1) is 6.54 Å². The summed E-state index contributed by atoms with van der Waals surface area (Å²) in [7, 11) is 0. The highest BCUT2D eigenvalue weighted by Gasteiger charge is 2.27. The van der Waals surface area contributed by atoms with Crippen LogP contribution in [0, 0.1) is 12.8 Å². The Labute approximate surface area is 164 Å². The molecule has 0 saturated carbocycles. The molecule has 1 aliphatic rings. The van der Waals surface area contributed by atoms with E-state index in [1.165, 1.54) is 0 Å². The fourth-order valence-electron chi connectivity index (χ4n) is 3.23. The molecule has 1 aliphatic heterocycles. The molecule has 146 valence electrons. The molecule has 28 heavy (non-hydrogen) atoms. The minimum Gasteiger partial charge on any atom is -0.343 e. The lowest BCUT2D eigenvalue weighted by molar-refractivity contribution is -0.133. The van der Waals surface area contributed by atoms with Crippen molar-refractivity contribution in [1.29, 1.82) is 0 Å². The van der Waals surface area contributed by atoms with Crippen LogP contribution in [0.5, 0.6) is 0 Å². The van der Waals surface area contributed by atoms with Crippen LogP contribution in [0.2, 0.25) is 0 Å². The number of likely N-dealkylation sites (tertiary alicyclic amines) is 1. The zero-order valence-corrected chi connectivity index (χ0v) is 16.0. The molecule has 1 saturated heterocycles. The predicted octanol–water partition coefficient (Wildman–Crippen LogP) is 2.60. The maximum absolute atomic E-state index is 12.4. The molecule has 2 N–H and O–H groups in total. The molecule has 2 aromatic carbocycles. The lowest BCUT2D eigenvalue weighted by Crippen LogP contribution is -2.45. The number of carbonyl (C=O) groups is 3. The van der Waals surface area contributed by atoms with E-state index in [4.69, 9.17) is 0 Å². The zero-order valence-electron chi connectivity index (χ0n) is 16.0. The van der Waals surface area contributed by atoms with Crippen molar-refractivity contribution in [3.05, 3.63) is 65.7 Å². The van der Waals surface area contributed by atoms with Gasteiger partial charge in [0.25, 0.3) is 5.91 Å². The van der Waals surface area contributed by atoms with Crippen LogP contribution in [0.25, 0.3) is 0 Å². The van der Waals surface area contributed by atoms with Gasteiger partial charge in [0.1, 0.15) is 0 Å². The van der Waals surface area contributed by atoms with Crippen LogP contribution in [-0.2, 0) is 9.59 Å². The lowest BCUT2D eigenvalue weighted by atomic mass is 9.95. The van der Waals surface area contributed by atoms with Crippen LogP contribution in [0.3, 0.4) is 0 Å². The molecule has 6 heteroatoms. The topological polar surface area (TPSA) is 78.5 Å². The molecule has 0 aromatic heterocycles. The molecule has 1 fully saturated rings. The summed E-state index contributed by atoms with van der Waals surface area (Å²) < 4.78 is 0. The minimum atomic E-state index is -0.259. The second-order valence-corrected chi connectivity index (χ2v) is 7.06. The van der Waals surface area contributed by atoms with Gasteiger partial charge < -0.3 is 15.5 Å². The lowest BCUT2D eigenvalue weighted by Gasteiger charge is -2.31. The van der Waals surface area contributed by atoms with Crippen LogP contribution in [-0.4, -0.2) is 42.3 Å². The van der Waals surface area contributed by atoms with Crippen LogP contribution in [0.1, 0.15) is 28.8 Å². The van der Waals surface area contributed by atoms with Crippen molar-refractivity contribution in [3.63, 3.8) is 0 Å². The maximum Gasteiger partial charge on any atom is 0.251 e. The highest BCUT2D eigenvalue weighted by molar-refractivity contribution is 5.96. The SMILES string of the molecule is Cc1ccc(C(=O)NCC(=O)N2CCC(C(=O)Nc3ccccc3)CC2)cc1. The van der Waals surface area contributed by atoms with Gasteiger partial charge in [-0.2, -0.15) is 0 Å². The number of amides is 3. The Kier molecular flexibility index (Phi) is 6.42. The number of carbonyl (C=O) groups excluding carboxylic acids is 3. The summed E-state index contributed by atoms with van der Waals surface area (Å²) in [6.07, 6.45) is 1.24. The molecule has 2 aromatic rings. The van der Waals surface area contributed by atoms with Gasteiger partial charge in [-0.1, -0.05) is 35.9 Å². The number of para-hydroxylation sites is 1. The van der Waals surface area contributed by atoms with E-state index < -0.39 is 0 Å². The number of nitrogens with one attached hydrogen (secondary N) is 2. The second kappa shape index (κ2) is 9.17. The van der Waals surface area contributed by atoms with Gasteiger partial charge in [-0.3, -0.25) is 14.4 Å². The number of piperidine rings is 1. The van der Waals surface area contributed by atoms with E-state index in [1.54, 1.807) is 17.0 Å². The van der Waals surface area contributed by atoms with E-state index in [0.29, 0.717) is 31.5 Å². The van der Waals surface area contributed by atoms with Crippen molar-refractivity contribution >= 4 is 23.4 Å². The van der Waals surface area contributed by atoms with Crippen LogP contribution >= 0.6 is 0 Å². The number of benzene rings is 2. The number of hydrogen-bond acceptors (Lipinski definition) is 3. The normalized spacial score (nSPS) is 14.4. The molecular weight excluding hydrogens is 354 g/mol. The van der Waals surface area contributed by atoms with Crippen molar-refractivity contribution in [2.75, 3.05) is 25.0 Å². The monoisotopic (exact) mass is 379 g/mol. The smallest absolute Gasteiger partial charge is 0.251 e. The average molecular weight is 379 g/mol. The van der Waals surface area contributed by atoms with Crippen LogP contribution in [0.15, 0.2) is 54.6 Å². The van der Waals surface area contributed by atoms with E-state index in [1.807, 2.05) is 49.4 Å². The van der Waals surface area contributed by atoms with Gasteiger partial charge in [-0.05, 0) is 44.0 Å². The van der Waals surface area contributed by atoms with E-state index in [2.05, 4.69) is 10.6 Å². The first-order chi connectivity index (χ1) is 13.5. The molecule has 0 bridgehead atoms. The third-order valence-corrected chi connectivity index (χ3v) is 4.97. The van der Waals surface area contributed by atoms with Gasteiger partial charge in [0, 0.05) is 30.3 Å². The van der Waals surface area contributed by atoms with Gasteiger partial charge in [0.15, 0.2) is 0 Å². The number of anilines is 1. The van der Waals surface area contributed by atoms with Crippen molar-refractivity contribution in [1.82, 2.24) is 10.2 Å². The van der Waals surface area contributed by atoms with E-state index in [0.717, 1.165) is 11.3 Å². The maximum atomic E-state index is 12.4. The Morgan fingerprint density at radius 3 is 2.25 bits per heavy atom. The van der Waals surface area contributed by atoms with Gasteiger partial charge in [0.2, 0.25) is 11.8 Å². The summed E-state index contributed by atoms with van der Waals surface area (Å²) in [5, 5.41) is 5.59. The minimum absolute atomic E-state index is 0.00836. The summed E-state index contributed by atoms with van der Waals surface area (Å²) in [6, 6.07) is 16.6. The Balaban J connectivity index is 1.42. The molecule has 3 amide bonds. The van der Waals surface area contributed by atoms with Gasteiger partial charge in [-0.25, -0.2) is 0 Å². The molecule has 0 unspecified atom stereocenters. The van der Waals surface area contributed by atoms with Crippen molar-refractivity contribution in [2.45, 2.75) is 19.8 Å². The summed E-state index contributed by atoms with van der Waals surface area (Å²) in [4.78, 5) is 38.6. The standard InChI is InChI=1S/C22H25N3O3/c1-16-7-9-17(10-8-16)21(27)23-15-20(26)25-13-11-18(12-14-25)22(28)24-19-5-3-2-4-6-19/h2-10,18H,11-15H2,1H3,(H,23,27)(H,24,28). The Hall–Kier alpha value is -3.15. The molecule has 1 heterocycles. The molecule has 0 aliphatic carbocycles. The third kappa shape index (κ3) is 5.19. The molecule has 0 radical (unpaired) electrons. The van der Waals surface area contributed by atoms with Crippen molar-refractivity contribution in [3.8, 4) is 0 Å². The predicted molar refractivity (Wildman–Crippen MR) is 108 cm³/mol. The number of nitrogens with zero attached hydrogens (tertiary/aromatic N) is 1. The number of hydrogen-bond donors (Lipinski definition) is 2. The van der Waals surface area contributed by atoms with E-state index >= 15 is 0 Å². The Morgan fingerprint density at radius 1 is 0.964 bits per heavy atom. The van der Waals surface area contributed by atoms with Crippen LogP contribution < -0.4 is 10.6 Å². The summed E-state index contributed by atoms with van der Waals surface area (Å²) in [5.74, 6) is -0.495. The summed E-state index contributed by atoms with van der Waals surface area (Å²) in [6.45, 7) is 2.96. The molecule has 6 nitrogen and oxygen atoms in total. The van der Waals surface area contributed by atoms with E-state index in [-0.39, 0.29) is 30.2 Å². The Morgan fingerprint density at radius 2 is 1.61 bits per heavy atom. The zero-order chi connectivity index (χ0) is 19.9. The highest BCUT2D eigenvalue weighted by atomic mass is 16.2. The van der Waals surface area contributed by atoms with Crippen molar-refractivity contribution < 1.29 is 14.4 Å². The molecule has 0 spiro atoms. The fourth-order valence-corrected chi connectivity index (χ4v) is 3.23. The van der Waals surface area contributed by atoms with Crippen LogP contribution in [0.4, 0.5) is 5.69 Å². The Bertz CT molecular complexity index is 826. The summed E-state index contributed by atoms with van der Waals surface area (Å²) in [5.41, 5.74) is 2.39. The highest BCUT2D eigenvalue weighted by Crippen LogP contribution is 2.19. The first kappa shape index (κ1) is 19.6. The quantitative estimate of drug-likeness (QED) is 0.838. The summed E-state index contributed by atoms with van der Waals surface area (Å²) >= 11 is 0. The van der Waals surface area contributed by atoms with Gasteiger partial charge in [-0.15, -0.1) is 0 Å². The largest absolute Gasteiger partial charge is 0.343 e. The fraction of sp³-hybridized carbons (Fsp3) is 0.318. The molecular formula is C22H25N3O3. The molecule has 0 atom stereocenters. The molecule has 3 rings (SSSR count). The number of rotatable bonds is 5. The first-order valence-corrected chi connectivity index (χ1v) is 9.51. The second-order valence-electron chi connectivity index (χ2n) is 7.06. The average Bonchev–Trinajstić information content (AvgIpc) is 2.73. The first-order valence-electron chi connectivity index (χ1n) is 9.51. The van der Waals surface area contributed by atoms with E-state index in [9.17, 15) is 14.4 Å².